The lowest BCUT2D eigenvalue weighted by molar-refractivity contribution is 0.0697. The first-order chi connectivity index (χ1) is 8.51. The number of benzene rings is 1. The normalized spacial score (nSPS) is 19.7. The fraction of sp³-hybridized carbons (Fsp3) is 0.308. The first kappa shape index (κ1) is 12.8. The molecule has 1 aliphatic carbocycles. The van der Waals surface area contributed by atoms with Gasteiger partial charge in [-0.05, 0) is 43.5 Å². The van der Waals surface area contributed by atoms with E-state index < -0.39 is 21.1 Å². The van der Waals surface area contributed by atoms with E-state index in [0.717, 1.165) is 12.8 Å². The largest absolute Gasteiger partial charge is 0.478 e. The molecule has 0 fully saturated rings. The van der Waals surface area contributed by atoms with Crippen molar-refractivity contribution in [3.05, 3.63) is 42.0 Å². The molecule has 0 saturated carbocycles. The molecule has 2 rings (SSSR count). The van der Waals surface area contributed by atoms with Gasteiger partial charge in [-0.15, -0.1) is 0 Å². The summed E-state index contributed by atoms with van der Waals surface area (Å²) in [6.07, 6.45) is 6.03. The van der Waals surface area contributed by atoms with Crippen LogP contribution >= 0.6 is 0 Å². The smallest absolute Gasteiger partial charge is 0.335 e. The molecule has 0 amide bonds. The number of rotatable bonds is 3. The molecule has 0 radical (unpaired) electrons. The lowest BCUT2D eigenvalue weighted by atomic mass is 10.1. The molecule has 0 heterocycles. The van der Waals surface area contributed by atoms with Crippen molar-refractivity contribution in [2.45, 2.75) is 29.4 Å². The fourth-order valence-corrected chi connectivity index (χ4v) is 3.66. The second-order valence-corrected chi connectivity index (χ2v) is 6.44. The van der Waals surface area contributed by atoms with Crippen molar-refractivity contribution >= 4 is 15.8 Å². The summed E-state index contributed by atoms with van der Waals surface area (Å²) in [7, 11) is -3.38. The van der Waals surface area contributed by atoms with Gasteiger partial charge in [0.1, 0.15) is 0 Å². The summed E-state index contributed by atoms with van der Waals surface area (Å²) in [6, 6.07) is 5.37. The molecule has 1 aliphatic rings. The van der Waals surface area contributed by atoms with Gasteiger partial charge in [-0.25, -0.2) is 13.2 Å². The Balaban J connectivity index is 2.32. The van der Waals surface area contributed by atoms with Gasteiger partial charge < -0.3 is 5.11 Å². The Morgan fingerprint density at radius 1 is 1.22 bits per heavy atom. The van der Waals surface area contributed by atoms with Gasteiger partial charge in [0.15, 0.2) is 9.84 Å². The Kier molecular flexibility index (Phi) is 3.52. The first-order valence-corrected chi connectivity index (χ1v) is 7.30. The molecule has 0 aromatic heterocycles. The summed E-state index contributed by atoms with van der Waals surface area (Å²) in [4.78, 5) is 10.9. The number of hydrogen-bond acceptors (Lipinski definition) is 3. The minimum absolute atomic E-state index is 0.0909. The summed E-state index contributed by atoms with van der Waals surface area (Å²) in [5.74, 6) is -1.06. The lowest BCUT2D eigenvalue weighted by Crippen LogP contribution is -2.21. The summed E-state index contributed by atoms with van der Waals surface area (Å²) in [5, 5.41) is 8.28. The number of carboxylic acids is 1. The molecule has 4 nitrogen and oxygen atoms in total. The van der Waals surface area contributed by atoms with Crippen LogP contribution in [0.5, 0.6) is 0 Å². The first-order valence-electron chi connectivity index (χ1n) is 5.76. The zero-order valence-electron chi connectivity index (χ0n) is 9.74. The van der Waals surface area contributed by atoms with Crippen LogP contribution in [0.15, 0.2) is 41.3 Å². The van der Waals surface area contributed by atoms with Crippen LogP contribution in [0.1, 0.15) is 29.6 Å². The van der Waals surface area contributed by atoms with Gasteiger partial charge in [0.25, 0.3) is 0 Å². The van der Waals surface area contributed by atoms with E-state index in [1.807, 2.05) is 6.08 Å². The molecule has 96 valence electrons. The van der Waals surface area contributed by atoms with Crippen LogP contribution in [0.4, 0.5) is 0 Å². The van der Waals surface area contributed by atoms with E-state index in [9.17, 15) is 13.2 Å². The highest BCUT2D eigenvalue weighted by Crippen LogP contribution is 2.24. The molecule has 1 unspecified atom stereocenters. The molecule has 1 aromatic carbocycles. The van der Waals surface area contributed by atoms with Gasteiger partial charge in [0, 0.05) is 0 Å². The van der Waals surface area contributed by atoms with Crippen LogP contribution in [-0.4, -0.2) is 24.7 Å². The quantitative estimate of drug-likeness (QED) is 0.852. The zero-order valence-corrected chi connectivity index (χ0v) is 10.6. The van der Waals surface area contributed by atoms with Gasteiger partial charge in [-0.3, -0.25) is 0 Å². The number of aromatic carboxylic acids is 1. The van der Waals surface area contributed by atoms with Crippen LogP contribution < -0.4 is 0 Å². The van der Waals surface area contributed by atoms with Gasteiger partial charge in [-0.2, -0.15) is 0 Å². The number of hydrogen-bond donors (Lipinski definition) is 1. The average molecular weight is 266 g/mol. The highest BCUT2D eigenvalue weighted by molar-refractivity contribution is 7.92. The molecule has 1 N–H and O–H groups in total. The molecule has 1 aromatic rings. The van der Waals surface area contributed by atoms with Crippen LogP contribution in [-0.2, 0) is 9.84 Å². The maximum atomic E-state index is 12.3. The van der Waals surface area contributed by atoms with Crippen molar-refractivity contribution in [1.29, 1.82) is 0 Å². The summed E-state index contributed by atoms with van der Waals surface area (Å²) < 4.78 is 24.5. The predicted molar refractivity (Wildman–Crippen MR) is 67.4 cm³/mol. The number of carboxylic acid groups (broad SMARTS) is 1. The molecule has 18 heavy (non-hydrogen) atoms. The minimum atomic E-state index is -3.38. The van der Waals surface area contributed by atoms with E-state index in [1.165, 1.54) is 24.3 Å². The minimum Gasteiger partial charge on any atom is -0.478 e. The molecule has 0 spiro atoms. The van der Waals surface area contributed by atoms with Crippen LogP contribution in [0.25, 0.3) is 0 Å². The molecular weight excluding hydrogens is 252 g/mol. The lowest BCUT2D eigenvalue weighted by Gasteiger charge is -2.17. The fourth-order valence-electron chi connectivity index (χ4n) is 2.00. The molecule has 0 aliphatic heterocycles. The maximum absolute atomic E-state index is 12.3. The average Bonchev–Trinajstić information content (AvgIpc) is 2.40. The van der Waals surface area contributed by atoms with Crippen LogP contribution in [0.3, 0.4) is 0 Å². The van der Waals surface area contributed by atoms with Crippen molar-refractivity contribution in [3.63, 3.8) is 0 Å². The maximum Gasteiger partial charge on any atom is 0.335 e. The van der Waals surface area contributed by atoms with Gasteiger partial charge in [0.2, 0.25) is 0 Å². The Hall–Kier alpha value is -1.62. The SMILES string of the molecule is O=C(O)c1ccc(S(=O)(=O)C2C=CCCC2)cc1. The standard InChI is InChI=1S/C13H14O4S/c14-13(15)10-6-8-12(9-7-10)18(16,17)11-4-2-1-3-5-11/h2,4,6-9,11H,1,3,5H2,(H,14,15). The van der Waals surface area contributed by atoms with E-state index in [2.05, 4.69) is 0 Å². The van der Waals surface area contributed by atoms with Crippen molar-refractivity contribution in [2.75, 3.05) is 0 Å². The topological polar surface area (TPSA) is 71.4 Å². The Bertz CT molecular complexity index is 570. The van der Waals surface area contributed by atoms with E-state index in [4.69, 9.17) is 5.11 Å². The number of sulfone groups is 1. The van der Waals surface area contributed by atoms with Crippen molar-refractivity contribution in [3.8, 4) is 0 Å². The second-order valence-electron chi connectivity index (χ2n) is 4.27. The Labute approximate surface area is 106 Å². The van der Waals surface area contributed by atoms with Gasteiger partial charge >= 0.3 is 5.97 Å². The highest BCUT2D eigenvalue weighted by Gasteiger charge is 2.26. The third kappa shape index (κ3) is 2.46. The molecule has 0 bridgehead atoms. The van der Waals surface area contributed by atoms with Gasteiger partial charge in [0.05, 0.1) is 15.7 Å². The number of allylic oxidation sites excluding steroid dienone is 1. The van der Waals surface area contributed by atoms with Crippen molar-refractivity contribution in [1.82, 2.24) is 0 Å². The third-order valence-electron chi connectivity index (χ3n) is 3.04. The summed E-state index contributed by atoms with van der Waals surface area (Å²) in [5.41, 5.74) is 0.0909. The Morgan fingerprint density at radius 3 is 2.39 bits per heavy atom. The second kappa shape index (κ2) is 4.94. The van der Waals surface area contributed by atoms with E-state index in [-0.39, 0.29) is 10.5 Å². The summed E-state index contributed by atoms with van der Waals surface area (Å²) in [6.45, 7) is 0. The molecule has 1 atom stereocenters. The Morgan fingerprint density at radius 2 is 1.89 bits per heavy atom. The molecule has 0 saturated heterocycles. The van der Waals surface area contributed by atoms with E-state index >= 15 is 0 Å². The van der Waals surface area contributed by atoms with E-state index in [0.29, 0.717) is 6.42 Å². The van der Waals surface area contributed by atoms with Crippen LogP contribution in [0, 0.1) is 0 Å². The number of carbonyl (C=O) groups is 1. The predicted octanol–water partition coefficient (Wildman–Crippen LogP) is 2.27. The summed E-state index contributed by atoms with van der Waals surface area (Å²) >= 11 is 0. The third-order valence-corrected chi connectivity index (χ3v) is 5.16. The molecule has 5 heteroatoms. The zero-order chi connectivity index (χ0) is 13.2. The molecular formula is C13H14O4S. The van der Waals surface area contributed by atoms with Crippen LogP contribution in [0.2, 0.25) is 0 Å². The van der Waals surface area contributed by atoms with Crippen molar-refractivity contribution in [2.24, 2.45) is 0 Å². The van der Waals surface area contributed by atoms with E-state index in [1.54, 1.807) is 6.08 Å². The van der Waals surface area contributed by atoms with Gasteiger partial charge in [-0.1, -0.05) is 12.2 Å². The van der Waals surface area contributed by atoms with Crippen molar-refractivity contribution < 1.29 is 18.3 Å². The monoisotopic (exact) mass is 266 g/mol. The highest BCUT2D eigenvalue weighted by atomic mass is 32.2.